The van der Waals surface area contributed by atoms with Gasteiger partial charge in [0.15, 0.2) is 0 Å². The molecule has 1 heteroatoms. The first-order valence-electron chi connectivity index (χ1n) is 4.10. The predicted molar refractivity (Wildman–Crippen MR) is 52.0 cm³/mol. The standard InChI is InChI=1S/C10H17N/c1-5-7-10(4)11-8-9(3)6-2/h8H,3-7H2,1-2H3. The maximum Gasteiger partial charge on any atom is 0.0331 e. The Morgan fingerprint density at radius 3 is 2.45 bits per heavy atom. The second-order valence-electron chi connectivity index (χ2n) is 2.59. The Kier molecular flexibility index (Phi) is 5.44. The molecule has 0 saturated carbocycles. The number of hydrogen-bond acceptors (Lipinski definition) is 1. The summed E-state index contributed by atoms with van der Waals surface area (Å²) in [5, 5.41) is 0. The Bertz CT molecular complexity index is 166. The van der Waals surface area contributed by atoms with E-state index in [-0.39, 0.29) is 0 Å². The summed E-state index contributed by atoms with van der Waals surface area (Å²) in [5.74, 6) is 0. The second kappa shape index (κ2) is 5.90. The fourth-order valence-corrected chi connectivity index (χ4v) is 0.627. The van der Waals surface area contributed by atoms with E-state index in [0.29, 0.717) is 0 Å². The summed E-state index contributed by atoms with van der Waals surface area (Å²) < 4.78 is 0. The van der Waals surface area contributed by atoms with E-state index < -0.39 is 0 Å². The molecule has 0 bridgehead atoms. The molecule has 0 aliphatic carbocycles. The van der Waals surface area contributed by atoms with Crippen molar-refractivity contribution in [1.29, 1.82) is 0 Å². The van der Waals surface area contributed by atoms with Crippen molar-refractivity contribution < 1.29 is 0 Å². The minimum Gasteiger partial charge on any atom is -0.262 e. The average molecular weight is 151 g/mol. The van der Waals surface area contributed by atoms with Crippen LogP contribution in [0.3, 0.4) is 0 Å². The van der Waals surface area contributed by atoms with Crippen LogP contribution >= 0.6 is 0 Å². The second-order valence-corrected chi connectivity index (χ2v) is 2.59. The first kappa shape index (κ1) is 10.2. The van der Waals surface area contributed by atoms with Gasteiger partial charge in [-0.2, -0.15) is 0 Å². The Labute approximate surface area is 69.5 Å². The molecule has 0 amide bonds. The van der Waals surface area contributed by atoms with E-state index in [1.807, 2.05) is 0 Å². The molecule has 11 heavy (non-hydrogen) atoms. The van der Waals surface area contributed by atoms with Gasteiger partial charge in [-0.1, -0.05) is 33.4 Å². The lowest BCUT2D eigenvalue weighted by atomic mass is 10.2. The highest BCUT2D eigenvalue weighted by Gasteiger charge is 1.86. The molecule has 0 heterocycles. The van der Waals surface area contributed by atoms with Crippen LogP contribution in [0, 0.1) is 0 Å². The lowest BCUT2D eigenvalue weighted by molar-refractivity contribution is 0.898. The fraction of sp³-hybridized carbons (Fsp3) is 0.500. The van der Waals surface area contributed by atoms with E-state index in [4.69, 9.17) is 0 Å². The maximum absolute atomic E-state index is 4.17. The zero-order valence-corrected chi connectivity index (χ0v) is 7.56. The third-order valence-corrected chi connectivity index (χ3v) is 1.42. The molecule has 0 aromatic heterocycles. The summed E-state index contributed by atoms with van der Waals surface area (Å²) in [6, 6.07) is 0. The van der Waals surface area contributed by atoms with E-state index in [0.717, 1.165) is 30.5 Å². The van der Waals surface area contributed by atoms with Crippen molar-refractivity contribution in [3.63, 3.8) is 0 Å². The van der Waals surface area contributed by atoms with Crippen molar-refractivity contribution in [2.75, 3.05) is 0 Å². The molecule has 0 spiro atoms. The highest BCUT2D eigenvalue weighted by Crippen LogP contribution is 2.03. The van der Waals surface area contributed by atoms with Gasteiger partial charge in [0, 0.05) is 11.9 Å². The Balaban J connectivity index is 3.73. The fourth-order valence-electron chi connectivity index (χ4n) is 0.627. The van der Waals surface area contributed by atoms with Crippen LogP contribution in [0.2, 0.25) is 0 Å². The first-order valence-corrected chi connectivity index (χ1v) is 4.10. The minimum atomic E-state index is 0.946. The van der Waals surface area contributed by atoms with Gasteiger partial charge in [-0.3, -0.25) is 4.99 Å². The van der Waals surface area contributed by atoms with E-state index in [9.17, 15) is 0 Å². The van der Waals surface area contributed by atoms with Gasteiger partial charge in [0.25, 0.3) is 0 Å². The van der Waals surface area contributed by atoms with Crippen molar-refractivity contribution in [2.24, 2.45) is 4.99 Å². The predicted octanol–water partition coefficient (Wildman–Crippen LogP) is 3.34. The van der Waals surface area contributed by atoms with Crippen molar-refractivity contribution in [2.45, 2.75) is 33.1 Å². The number of nitrogens with zero attached hydrogens (tertiary/aromatic N) is 1. The van der Waals surface area contributed by atoms with Gasteiger partial charge in [-0.05, 0) is 18.4 Å². The summed E-state index contributed by atoms with van der Waals surface area (Å²) in [6.07, 6.45) is 4.85. The molecule has 0 aliphatic rings. The van der Waals surface area contributed by atoms with Gasteiger partial charge < -0.3 is 0 Å². The van der Waals surface area contributed by atoms with Crippen molar-refractivity contribution >= 4 is 6.21 Å². The van der Waals surface area contributed by atoms with Gasteiger partial charge in [0.2, 0.25) is 0 Å². The Morgan fingerprint density at radius 2 is 2.00 bits per heavy atom. The molecule has 0 atom stereocenters. The third-order valence-electron chi connectivity index (χ3n) is 1.42. The van der Waals surface area contributed by atoms with Gasteiger partial charge in [0.05, 0.1) is 0 Å². The molecular formula is C10H17N. The van der Waals surface area contributed by atoms with Crippen LogP contribution in [0.5, 0.6) is 0 Å². The first-order chi connectivity index (χ1) is 5.20. The molecule has 0 aliphatic heterocycles. The molecule has 0 saturated heterocycles. The van der Waals surface area contributed by atoms with E-state index >= 15 is 0 Å². The summed E-state index contributed by atoms with van der Waals surface area (Å²) in [5.41, 5.74) is 2.00. The lowest BCUT2D eigenvalue weighted by Crippen LogP contribution is -1.81. The highest BCUT2D eigenvalue weighted by molar-refractivity contribution is 5.78. The molecule has 0 aromatic rings. The van der Waals surface area contributed by atoms with Gasteiger partial charge in [0.1, 0.15) is 0 Å². The molecule has 1 nitrogen and oxygen atoms in total. The highest BCUT2D eigenvalue weighted by atomic mass is 14.7. The van der Waals surface area contributed by atoms with Crippen LogP contribution in [0.4, 0.5) is 0 Å². The zero-order chi connectivity index (χ0) is 8.69. The monoisotopic (exact) mass is 151 g/mol. The smallest absolute Gasteiger partial charge is 0.0331 e. The van der Waals surface area contributed by atoms with Gasteiger partial charge >= 0.3 is 0 Å². The van der Waals surface area contributed by atoms with Crippen LogP contribution in [0.1, 0.15) is 33.1 Å². The topological polar surface area (TPSA) is 12.4 Å². The summed E-state index contributed by atoms with van der Waals surface area (Å²) in [4.78, 5) is 4.17. The van der Waals surface area contributed by atoms with Crippen molar-refractivity contribution in [3.8, 4) is 0 Å². The van der Waals surface area contributed by atoms with E-state index in [1.165, 1.54) is 0 Å². The lowest BCUT2D eigenvalue weighted by Gasteiger charge is -1.95. The van der Waals surface area contributed by atoms with Gasteiger partial charge in [-0.15, -0.1) is 0 Å². The zero-order valence-electron chi connectivity index (χ0n) is 7.56. The van der Waals surface area contributed by atoms with Crippen molar-refractivity contribution in [1.82, 2.24) is 0 Å². The number of rotatable bonds is 5. The quantitative estimate of drug-likeness (QED) is 0.534. The molecule has 0 N–H and O–H groups in total. The largest absolute Gasteiger partial charge is 0.262 e. The number of allylic oxidation sites excluding steroid dienone is 2. The Hall–Kier alpha value is -0.850. The third kappa shape index (κ3) is 5.59. The average Bonchev–Trinajstić information content (AvgIpc) is 2.01. The molecule has 0 rings (SSSR count). The minimum absolute atomic E-state index is 0.946. The van der Waals surface area contributed by atoms with E-state index in [2.05, 4.69) is 32.0 Å². The summed E-state index contributed by atoms with van der Waals surface area (Å²) in [6.45, 7) is 11.8. The Morgan fingerprint density at radius 1 is 1.36 bits per heavy atom. The molecular weight excluding hydrogens is 134 g/mol. The molecule has 62 valence electrons. The SMILES string of the molecule is C=C(C=NC(=C)CCC)CC. The molecule has 0 unspecified atom stereocenters. The molecule has 0 radical (unpaired) electrons. The van der Waals surface area contributed by atoms with Crippen LogP contribution in [-0.2, 0) is 0 Å². The molecule has 0 aromatic carbocycles. The van der Waals surface area contributed by atoms with Crippen LogP contribution in [0.25, 0.3) is 0 Å². The van der Waals surface area contributed by atoms with Gasteiger partial charge in [-0.25, -0.2) is 0 Å². The molecule has 0 fully saturated rings. The summed E-state index contributed by atoms with van der Waals surface area (Å²) >= 11 is 0. The van der Waals surface area contributed by atoms with E-state index in [1.54, 1.807) is 6.21 Å². The maximum atomic E-state index is 4.17. The summed E-state index contributed by atoms with van der Waals surface area (Å²) in [7, 11) is 0. The van der Waals surface area contributed by atoms with Crippen LogP contribution in [-0.4, -0.2) is 6.21 Å². The van der Waals surface area contributed by atoms with Crippen molar-refractivity contribution in [3.05, 3.63) is 24.4 Å². The number of aliphatic imine (C=N–C) groups is 1. The van der Waals surface area contributed by atoms with Crippen LogP contribution in [0.15, 0.2) is 29.4 Å². The number of hydrogen-bond donors (Lipinski definition) is 0. The van der Waals surface area contributed by atoms with Crippen LogP contribution < -0.4 is 0 Å². The normalized spacial score (nSPS) is 10.4.